The number of nitrogens with zero attached hydrogens (tertiary/aromatic N) is 3. The minimum Gasteiger partial charge on any atom is -0.347 e. The van der Waals surface area contributed by atoms with Gasteiger partial charge in [-0.25, -0.2) is 9.97 Å². The molecule has 0 saturated heterocycles. The Morgan fingerprint density at radius 3 is 2.11 bits per heavy atom. The van der Waals surface area contributed by atoms with Crippen LogP contribution in [0.1, 0.15) is 30.4 Å². The highest BCUT2D eigenvalue weighted by Crippen LogP contribution is 2.26. The van der Waals surface area contributed by atoms with Crippen LogP contribution in [0.2, 0.25) is 0 Å². The molecule has 0 saturated carbocycles. The summed E-state index contributed by atoms with van der Waals surface area (Å²) in [6, 6.07) is 10.5. The second kappa shape index (κ2) is 5.63. The SMILES string of the molecule is CC[C@H](c1ccccc1)c1cnc(N(C)C)nc1. The zero-order valence-corrected chi connectivity index (χ0v) is 11.2. The fourth-order valence-corrected chi connectivity index (χ4v) is 2.09. The molecule has 1 aromatic carbocycles. The van der Waals surface area contributed by atoms with Crippen molar-refractivity contribution in [2.75, 3.05) is 19.0 Å². The zero-order chi connectivity index (χ0) is 13.0. The summed E-state index contributed by atoms with van der Waals surface area (Å²) in [6.45, 7) is 2.19. The number of aromatic nitrogens is 2. The van der Waals surface area contributed by atoms with Gasteiger partial charge in [-0.2, -0.15) is 0 Å². The Morgan fingerprint density at radius 1 is 1.00 bits per heavy atom. The van der Waals surface area contributed by atoms with Gasteiger partial charge in [-0.1, -0.05) is 37.3 Å². The van der Waals surface area contributed by atoms with E-state index in [1.165, 1.54) is 11.1 Å². The maximum atomic E-state index is 4.39. The molecule has 0 unspecified atom stereocenters. The minimum atomic E-state index is 0.377. The van der Waals surface area contributed by atoms with Crippen LogP contribution in [-0.2, 0) is 0 Å². The maximum absolute atomic E-state index is 4.39. The van der Waals surface area contributed by atoms with E-state index >= 15 is 0 Å². The van der Waals surface area contributed by atoms with E-state index in [1.807, 2.05) is 37.5 Å². The predicted octanol–water partition coefficient (Wildman–Crippen LogP) is 3.08. The summed E-state index contributed by atoms with van der Waals surface area (Å²) in [6.07, 6.45) is 4.92. The highest BCUT2D eigenvalue weighted by molar-refractivity contribution is 5.33. The van der Waals surface area contributed by atoms with E-state index in [0.29, 0.717) is 5.92 Å². The van der Waals surface area contributed by atoms with Crippen LogP contribution in [0.25, 0.3) is 0 Å². The van der Waals surface area contributed by atoms with Crippen LogP contribution >= 0.6 is 0 Å². The van der Waals surface area contributed by atoms with Crippen LogP contribution in [0.4, 0.5) is 5.95 Å². The number of anilines is 1. The van der Waals surface area contributed by atoms with Gasteiger partial charge in [0.1, 0.15) is 0 Å². The van der Waals surface area contributed by atoms with Gasteiger partial charge in [0.2, 0.25) is 5.95 Å². The lowest BCUT2D eigenvalue weighted by atomic mass is 9.91. The number of hydrogen-bond acceptors (Lipinski definition) is 3. The Hall–Kier alpha value is -1.90. The first-order valence-electron chi connectivity index (χ1n) is 6.26. The van der Waals surface area contributed by atoms with E-state index in [2.05, 4.69) is 41.2 Å². The van der Waals surface area contributed by atoms with E-state index in [0.717, 1.165) is 12.4 Å². The normalized spacial score (nSPS) is 12.2. The average molecular weight is 241 g/mol. The fraction of sp³-hybridized carbons (Fsp3) is 0.333. The third-order valence-corrected chi connectivity index (χ3v) is 3.07. The topological polar surface area (TPSA) is 29.0 Å². The molecule has 0 spiro atoms. The van der Waals surface area contributed by atoms with Gasteiger partial charge in [-0.05, 0) is 17.5 Å². The summed E-state index contributed by atoms with van der Waals surface area (Å²) in [5.74, 6) is 1.13. The first-order chi connectivity index (χ1) is 8.72. The van der Waals surface area contributed by atoms with Crippen molar-refractivity contribution < 1.29 is 0 Å². The molecule has 0 aliphatic carbocycles. The number of benzene rings is 1. The molecule has 3 heteroatoms. The molecule has 18 heavy (non-hydrogen) atoms. The molecule has 0 fully saturated rings. The molecule has 94 valence electrons. The van der Waals surface area contributed by atoms with Crippen molar-refractivity contribution in [3.8, 4) is 0 Å². The summed E-state index contributed by atoms with van der Waals surface area (Å²) in [5.41, 5.74) is 2.50. The second-order valence-corrected chi connectivity index (χ2v) is 4.58. The Kier molecular flexibility index (Phi) is 3.92. The molecule has 0 N–H and O–H groups in total. The fourth-order valence-electron chi connectivity index (χ4n) is 2.09. The van der Waals surface area contributed by atoms with Gasteiger partial charge >= 0.3 is 0 Å². The summed E-state index contributed by atoms with van der Waals surface area (Å²) >= 11 is 0. The first kappa shape index (κ1) is 12.6. The highest BCUT2D eigenvalue weighted by Gasteiger charge is 2.12. The number of hydrogen-bond donors (Lipinski definition) is 0. The Bertz CT molecular complexity index is 477. The smallest absolute Gasteiger partial charge is 0.224 e. The zero-order valence-electron chi connectivity index (χ0n) is 11.2. The average Bonchev–Trinajstić information content (AvgIpc) is 2.41. The van der Waals surface area contributed by atoms with Gasteiger partial charge in [-0.3, -0.25) is 0 Å². The lowest BCUT2D eigenvalue weighted by Gasteiger charge is -2.16. The van der Waals surface area contributed by atoms with E-state index in [4.69, 9.17) is 0 Å². The van der Waals surface area contributed by atoms with Crippen LogP contribution in [0, 0.1) is 0 Å². The van der Waals surface area contributed by atoms with E-state index < -0.39 is 0 Å². The molecule has 1 atom stereocenters. The Morgan fingerprint density at radius 2 is 1.61 bits per heavy atom. The van der Waals surface area contributed by atoms with Crippen molar-refractivity contribution in [3.05, 3.63) is 53.9 Å². The molecular weight excluding hydrogens is 222 g/mol. The molecule has 1 aromatic heterocycles. The summed E-state index contributed by atoms with van der Waals surface area (Å²) in [5, 5.41) is 0. The van der Waals surface area contributed by atoms with E-state index in [1.54, 1.807) is 0 Å². The largest absolute Gasteiger partial charge is 0.347 e. The first-order valence-corrected chi connectivity index (χ1v) is 6.26. The molecule has 0 aliphatic heterocycles. The molecule has 0 amide bonds. The van der Waals surface area contributed by atoms with Crippen molar-refractivity contribution in [3.63, 3.8) is 0 Å². The van der Waals surface area contributed by atoms with Gasteiger partial charge in [0.25, 0.3) is 0 Å². The third-order valence-electron chi connectivity index (χ3n) is 3.07. The van der Waals surface area contributed by atoms with Gasteiger partial charge in [0.05, 0.1) is 0 Å². The summed E-state index contributed by atoms with van der Waals surface area (Å²) in [4.78, 5) is 10.7. The van der Waals surface area contributed by atoms with Crippen LogP contribution in [-0.4, -0.2) is 24.1 Å². The third kappa shape index (κ3) is 2.67. The quantitative estimate of drug-likeness (QED) is 0.823. The minimum absolute atomic E-state index is 0.377. The van der Waals surface area contributed by atoms with E-state index in [-0.39, 0.29) is 0 Å². The Labute approximate surface area is 109 Å². The summed E-state index contributed by atoms with van der Waals surface area (Å²) < 4.78 is 0. The van der Waals surface area contributed by atoms with Crippen LogP contribution in [0.3, 0.4) is 0 Å². The van der Waals surface area contributed by atoms with Gasteiger partial charge in [0, 0.05) is 32.4 Å². The standard InChI is InChI=1S/C15H19N3/c1-4-14(12-8-6-5-7-9-12)13-10-16-15(17-11-13)18(2)3/h5-11,14H,4H2,1-3H3/t14-/m1/s1. The van der Waals surface area contributed by atoms with Crippen molar-refractivity contribution in [1.29, 1.82) is 0 Å². The molecule has 0 radical (unpaired) electrons. The van der Waals surface area contributed by atoms with Crippen molar-refractivity contribution in [1.82, 2.24) is 9.97 Å². The Balaban J connectivity index is 2.28. The second-order valence-electron chi connectivity index (χ2n) is 4.58. The molecular formula is C15H19N3. The lowest BCUT2D eigenvalue weighted by Crippen LogP contribution is -2.13. The molecule has 1 heterocycles. The lowest BCUT2D eigenvalue weighted by molar-refractivity contribution is 0.764. The molecule has 0 aliphatic rings. The van der Waals surface area contributed by atoms with Crippen LogP contribution < -0.4 is 4.90 Å². The van der Waals surface area contributed by atoms with E-state index in [9.17, 15) is 0 Å². The molecule has 3 nitrogen and oxygen atoms in total. The van der Waals surface area contributed by atoms with Crippen LogP contribution in [0.15, 0.2) is 42.7 Å². The highest BCUT2D eigenvalue weighted by atomic mass is 15.2. The van der Waals surface area contributed by atoms with Gasteiger partial charge in [-0.15, -0.1) is 0 Å². The number of rotatable bonds is 4. The van der Waals surface area contributed by atoms with Crippen LogP contribution in [0.5, 0.6) is 0 Å². The van der Waals surface area contributed by atoms with Crippen molar-refractivity contribution in [2.45, 2.75) is 19.3 Å². The van der Waals surface area contributed by atoms with Crippen molar-refractivity contribution >= 4 is 5.95 Å². The molecule has 2 aromatic rings. The van der Waals surface area contributed by atoms with Gasteiger partial charge in [0.15, 0.2) is 0 Å². The molecule has 2 rings (SSSR count). The molecule has 0 bridgehead atoms. The monoisotopic (exact) mass is 241 g/mol. The van der Waals surface area contributed by atoms with Gasteiger partial charge < -0.3 is 4.90 Å². The van der Waals surface area contributed by atoms with Crippen molar-refractivity contribution in [2.24, 2.45) is 0 Å². The summed E-state index contributed by atoms with van der Waals surface area (Å²) in [7, 11) is 3.90. The maximum Gasteiger partial charge on any atom is 0.224 e. The predicted molar refractivity (Wildman–Crippen MR) is 74.9 cm³/mol.